The van der Waals surface area contributed by atoms with Crippen molar-refractivity contribution < 1.29 is 18.7 Å². The first-order chi connectivity index (χ1) is 9.74. The number of carbonyl (C=O) groups excluding carboxylic acids is 1. The number of hydrogen-bond acceptors (Lipinski definition) is 4. The zero-order valence-corrected chi connectivity index (χ0v) is 12.3. The van der Waals surface area contributed by atoms with E-state index in [4.69, 9.17) is 9.47 Å². The molecule has 1 saturated heterocycles. The summed E-state index contributed by atoms with van der Waals surface area (Å²) in [6.45, 7) is 2.88. The van der Waals surface area contributed by atoms with Gasteiger partial charge in [0.15, 0.2) is 0 Å². The standard InChI is InChI=1S/C14H17FN2O3.ClH/c15-10-1-2-12-13(7-10)20-6-4-17(12)14(18)8-11-9-19-5-3-16-11;/h1-2,7,11,16H,3-6,8-9H2;1H. The van der Waals surface area contributed by atoms with Crippen molar-refractivity contribution in [2.45, 2.75) is 12.5 Å². The van der Waals surface area contributed by atoms with Crippen LogP contribution in [0.3, 0.4) is 0 Å². The Morgan fingerprint density at radius 2 is 2.29 bits per heavy atom. The molecule has 2 aliphatic rings. The quantitative estimate of drug-likeness (QED) is 0.895. The molecule has 0 aliphatic carbocycles. The van der Waals surface area contributed by atoms with E-state index < -0.39 is 0 Å². The van der Waals surface area contributed by atoms with E-state index in [0.29, 0.717) is 44.2 Å². The molecule has 1 N–H and O–H groups in total. The van der Waals surface area contributed by atoms with Crippen molar-refractivity contribution >= 4 is 24.0 Å². The molecule has 1 aromatic carbocycles. The Bertz CT molecular complexity index is 509. The summed E-state index contributed by atoms with van der Waals surface area (Å²) in [5.41, 5.74) is 0.638. The Hall–Kier alpha value is -1.37. The highest BCUT2D eigenvalue weighted by molar-refractivity contribution is 5.95. The average Bonchev–Trinajstić information content (AvgIpc) is 2.47. The van der Waals surface area contributed by atoms with Gasteiger partial charge in [-0.25, -0.2) is 4.39 Å². The largest absolute Gasteiger partial charge is 0.489 e. The number of ether oxygens (including phenoxy) is 2. The van der Waals surface area contributed by atoms with Crippen LogP contribution in [0.5, 0.6) is 5.75 Å². The van der Waals surface area contributed by atoms with Crippen molar-refractivity contribution in [3.05, 3.63) is 24.0 Å². The number of nitrogens with zero attached hydrogens (tertiary/aromatic N) is 1. The summed E-state index contributed by atoms with van der Waals surface area (Å²) in [6.07, 6.45) is 0.372. The summed E-state index contributed by atoms with van der Waals surface area (Å²) < 4.78 is 23.9. The molecule has 1 atom stereocenters. The SMILES string of the molecule is Cl.O=C(CC1COCCN1)N1CCOc2cc(F)ccc21. The zero-order valence-electron chi connectivity index (χ0n) is 11.5. The molecule has 0 spiro atoms. The first-order valence-corrected chi connectivity index (χ1v) is 6.78. The van der Waals surface area contributed by atoms with Gasteiger partial charge in [-0.2, -0.15) is 0 Å². The molecule has 7 heteroatoms. The molecule has 116 valence electrons. The Morgan fingerprint density at radius 3 is 3.05 bits per heavy atom. The van der Waals surface area contributed by atoms with Gasteiger partial charge in [-0.15, -0.1) is 12.4 Å². The first-order valence-electron chi connectivity index (χ1n) is 6.78. The van der Waals surface area contributed by atoms with Gasteiger partial charge in [-0.05, 0) is 12.1 Å². The average molecular weight is 317 g/mol. The Morgan fingerprint density at radius 1 is 1.43 bits per heavy atom. The number of nitrogens with one attached hydrogen (secondary N) is 1. The summed E-state index contributed by atoms with van der Waals surface area (Å²) >= 11 is 0. The van der Waals surface area contributed by atoms with Gasteiger partial charge in [0.05, 0.1) is 25.4 Å². The van der Waals surface area contributed by atoms with E-state index in [-0.39, 0.29) is 30.2 Å². The Labute approximate surface area is 128 Å². The van der Waals surface area contributed by atoms with Crippen molar-refractivity contribution in [2.75, 3.05) is 37.8 Å². The summed E-state index contributed by atoms with van der Waals surface area (Å²) in [5.74, 6) is 0.0713. The van der Waals surface area contributed by atoms with Gasteiger partial charge >= 0.3 is 0 Å². The second-order valence-electron chi connectivity index (χ2n) is 4.94. The van der Waals surface area contributed by atoms with Gasteiger partial charge in [0.25, 0.3) is 0 Å². The van der Waals surface area contributed by atoms with Gasteiger partial charge in [0.1, 0.15) is 18.2 Å². The third kappa shape index (κ3) is 3.64. The molecule has 1 unspecified atom stereocenters. The van der Waals surface area contributed by atoms with E-state index in [9.17, 15) is 9.18 Å². The minimum Gasteiger partial charge on any atom is -0.489 e. The molecule has 1 amide bonds. The molecule has 2 heterocycles. The van der Waals surface area contributed by atoms with Gasteiger partial charge in [0, 0.05) is 25.1 Å². The molecule has 0 radical (unpaired) electrons. The Kier molecular flexibility index (Phi) is 5.39. The van der Waals surface area contributed by atoms with Gasteiger partial charge in [-0.1, -0.05) is 0 Å². The fourth-order valence-corrected chi connectivity index (χ4v) is 2.52. The summed E-state index contributed by atoms with van der Waals surface area (Å²) in [6, 6.07) is 4.29. The molecule has 5 nitrogen and oxygen atoms in total. The molecule has 21 heavy (non-hydrogen) atoms. The number of fused-ring (bicyclic) bond motifs is 1. The van der Waals surface area contributed by atoms with Crippen LogP contribution in [-0.2, 0) is 9.53 Å². The number of carbonyl (C=O) groups is 1. The van der Waals surface area contributed by atoms with Crippen molar-refractivity contribution in [1.29, 1.82) is 0 Å². The monoisotopic (exact) mass is 316 g/mol. The van der Waals surface area contributed by atoms with Crippen LogP contribution in [0, 0.1) is 5.82 Å². The molecule has 1 fully saturated rings. The van der Waals surface area contributed by atoms with Crippen LogP contribution < -0.4 is 15.0 Å². The van der Waals surface area contributed by atoms with E-state index in [2.05, 4.69) is 5.32 Å². The van der Waals surface area contributed by atoms with Crippen LogP contribution in [0.4, 0.5) is 10.1 Å². The van der Waals surface area contributed by atoms with Crippen LogP contribution in [0.1, 0.15) is 6.42 Å². The summed E-state index contributed by atoms with van der Waals surface area (Å²) in [4.78, 5) is 14.1. The zero-order chi connectivity index (χ0) is 13.9. The lowest BCUT2D eigenvalue weighted by Crippen LogP contribution is -2.46. The van der Waals surface area contributed by atoms with Crippen LogP contribution in [0.2, 0.25) is 0 Å². The predicted molar refractivity (Wildman–Crippen MR) is 78.7 cm³/mol. The van der Waals surface area contributed by atoms with Crippen molar-refractivity contribution in [3.63, 3.8) is 0 Å². The third-order valence-electron chi connectivity index (χ3n) is 3.51. The van der Waals surface area contributed by atoms with Gasteiger partial charge in [0.2, 0.25) is 5.91 Å². The molecule has 0 saturated carbocycles. The number of morpholine rings is 1. The molecule has 3 rings (SSSR count). The number of hydrogen-bond donors (Lipinski definition) is 1. The van der Waals surface area contributed by atoms with Crippen LogP contribution in [-0.4, -0.2) is 44.9 Å². The number of halogens is 2. The fraction of sp³-hybridized carbons (Fsp3) is 0.500. The predicted octanol–water partition coefficient (Wildman–Crippen LogP) is 1.35. The maximum atomic E-state index is 13.2. The highest BCUT2D eigenvalue weighted by Gasteiger charge is 2.26. The lowest BCUT2D eigenvalue weighted by Gasteiger charge is -2.31. The molecular weight excluding hydrogens is 299 g/mol. The topological polar surface area (TPSA) is 50.8 Å². The maximum absolute atomic E-state index is 13.2. The number of anilines is 1. The van der Waals surface area contributed by atoms with E-state index >= 15 is 0 Å². The molecule has 0 aromatic heterocycles. The van der Waals surface area contributed by atoms with Crippen molar-refractivity contribution in [3.8, 4) is 5.75 Å². The van der Waals surface area contributed by atoms with Crippen LogP contribution in [0.25, 0.3) is 0 Å². The molecule has 0 bridgehead atoms. The fourth-order valence-electron chi connectivity index (χ4n) is 2.52. The number of benzene rings is 1. The second kappa shape index (κ2) is 7.06. The highest BCUT2D eigenvalue weighted by atomic mass is 35.5. The van der Waals surface area contributed by atoms with E-state index in [1.54, 1.807) is 11.0 Å². The van der Waals surface area contributed by atoms with E-state index in [1.165, 1.54) is 12.1 Å². The minimum absolute atomic E-state index is 0. The highest BCUT2D eigenvalue weighted by Crippen LogP contribution is 2.32. The van der Waals surface area contributed by atoms with Gasteiger partial charge < -0.3 is 19.7 Å². The maximum Gasteiger partial charge on any atom is 0.228 e. The summed E-state index contributed by atoms with van der Waals surface area (Å²) in [5, 5.41) is 3.26. The second-order valence-corrected chi connectivity index (χ2v) is 4.94. The van der Waals surface area contributed by atoms with Crippen molar-refractivity contribution in [2.24, 2.45) is 0 Å². The minimum atomic E-state index is -0.361. The molecule has 1 aromatic rings. The normalized spacial score (nSPS) is 21.0. The summed E-state index contributed by atoms with van der Waals surface area (Å²) in [7, 11) is 0. The molecular formula is C14H18ClFN2O3. The molecule has 2 aliphatic heterocycles. The Balaban J connectivity index is 0.00000161. The lowest BCUT2D eigenvalue weighted by molar-refractivity contribution is -0.120. The number of amides is 1. The smallest absolute Gasteiger partial charge is 0.228 e. The van der Waals surface area contributed by atoms with Crippen molar-refractivity contribution in [1.82, 2.24) is 5.32 Å². The first kappa shape index (κ1) is 16.0. The van der Waals surface area contributed by atoms with E-state index in [1.807, 2.05) is 0 Å². The lowest BCUT2D eigenvalue weighted by atomic mass is 10.1. The third-order valence-corrected chi connectivity index (χ3v) is 3.51. The van der Waals surface area contributed by atoms with Gasteiger partial charge in [-0.3, -0.25) is 4.79 Å². The van der Waals surface area contributed by atoms with Crippen LogP contribution in [0.15, 0.2) is 18.2 Å². The number of rotatable bonds is 2. The van der Waals surface area contributed by atoms with E-state index in [0.717, 1.165) is 6.54 Å². The van der Waals surface area contributed by atoms with Crippen LogP contribution >= 0.6 is 12.4 Å².